The predicted molar refractivity (Wildman–Crippen MR) is 48.6 cm³/mol. The summed E-state index contributed by atoms with van der Waals surface area (Å²) in [5.74, 6) is 0.113. The SMILES string of the molecule is Oc1cc2n[nH]nc2c2ncncc12. The van der Waals surface area contributed by atoms with Crippen LogP contribution in [0.25, 0.3) is 21.9 Å². The van der Waals surface area contributed by atoms with Gasteiger partial charge in [-0.2, -0.15) is 15.4 Å². The Morgan fingerprint density at radius 3 is 3.07 bits per heavy atom. The minimum Gasteiger partial charge on any atom is -0.507 e. The van der Waals surface area contributed by atoms with E-state index in [-0.39, 0.29) is 5.75 Å². The quantitative estimate of drug-likeness (QED) is 0.538. The topological polar surface area (TPSA) is 87.6 Å². The van der Waals surface area contributed by atoms with Gasteiger partial charge in [-0.15, -0.1) is 0 Å². The second-order valence-corrected chi connectivity index (χ2v) is 2.87. The molecular formula is C8H5N5O. The molecule has 6 heteroatoms. The average Bonchev–Trinajstić information content (AvgIpc) is 2.66. The van der Waals surface area contributed by atoms with Crippen molar-refractivity contribution < 1.29 is 5.11 Å². The number of rotatable bonds is 0. The number of aromatic nitrogens is 5. The van der Waals surface area contributed by atoms with Gasteiger partial charge in [-0.25, -0.2) is 9.97 Å². The highest BCUT2D eigenvalue weighted by molar-refractivity contribution is 6.03. The summed E-state index contributed by atoms with van der Waals surface area (Å²) in [6.07, 6.45) is 2.96. The number of hydrogen-bond donors (Lipinski definition) is 2. The molecule has 68 valence electrons. The minimum atomic E-state index is 0.113. The van der Waals surface area contributed by atoms with Crippen LogP contribution in [-0.2, 0) is 0 Å². The molecule has 0 aliphatic heterocycles. The molecule has 0 aliphatic carbocycles. The third-order valence-corrected chi connectivity index (χ3v) is 2.06. The zero-order valence-corrected chi connectivity index (χ0v) is 6.97. The molecule has 6 nitrogen and oxygen atoms in total. The Kier molecular flexibility index (Phi) is 1.22. The highest BCUT2D eigenvalue weighted by atomic mass is 16.3. The van der Waals surface area contributed by atoms with E-state index in [4.69, 9.17) is 0 Å². The molecule has 0 atom stereocenters. The maximum atomic E-state index is 9.63. The molecule has 0 fully saturated rings. The Balaban J connectivity index is 2.67. The van der Waals surface area contributed by atoms with Crippen molar-refractivity contribution in [2.24, 2.45) is 0 Å². The Morgan fingerprint density at radius 2 is 2.14 bits per heavy atom. The van der Waals surface area contributed by atoms with Crippen LogP contribution in [0.3, 0.4) is 0 Å². The number of benzene rings is 1. The zero-order valence-electron chi connectivity index (χ0n) is 6.97. The van der Waals surface area contributed by atoms with Crippen molar-refractivity contribution in [2.45, 2.75) is 0 Å². The second kappa shape index (κ2) is 2.38. The third-order valence-electron chi connectivity index (χ3n) is 2.06. The lowest BCUT2D eigenvalue weighted by Gasteiger charge is -1.98. The van der Waals surface area contributed by atoms with Gasteiger partial charge >= 0.3 is 0 Å². The van der Waals surface area contributed by atoms with E-state index in [1.54, 1.807) is 6.20 Å². The highest BCUT2D eigenvalue weighted by Gasteiger charge is 2.09. The first-order valence-electron chi connectivity index (χ1n) is 3.98. The molecule has 2 heterocycles. The minimum absolute atomic E-state index is 0.113. The fourth-order valence-electron chi connectivity index (χ4n) is 1.43. The fraction of sp³-hybridized carbons (Fsp3) is 0. The highest BCUT2D eigenvalue weighted by Crippen LogP contribution is 2.27. The van der Waals surface area contributed by atoms with Crippen LogP contribution in [0.4, 0.5) is 0 Å². The monoisotopic (exact) mass is 187 g/mol. The number of nitrogens with zero attached hydrogens (tertiary/aromatic N) is 4. The van der Waals surface area contributed by atoms with Gasteiger partial charge in [0, 0.05) is 12.3 Å². The first-order valence-corrected chi connectivity index (χ1v) is 3.98. The van der Waals surface area contributed by atoms with E-state index in [9.17, 15) is 5.11 Å². The van der Waals surface area contributed by atoms with E-state index < -0.39 is 0 Å². The summed E-state index contributed by atoms with van der Waals surface area (Å²) in [6, 6.07) is 1.53. The van der Waals surface area contributed by atoms with Gasteiger partial charge in [0.05, 0.1) is 5.39 Å². The summed E-state index contributed by atoms with van der Waals surface area (Å²) >= 11 is 0. The molecule has 0 bridgehead atoms. The van der Waals surface area contributed by atoms with Crippen molar-refractivity contribution in [1.82, 2.24) is 25.4 Å². The Hall–Kier alpha value is -2.24. The Labute approximate surface area is 77.6 Å². The Morgan fingerprint density at radius 1 is 1.21 bits per heavy atom. The van der Waals surface area contributed by atoms with E-state index in [1.807, 2.05) is 0 Å². The molecule has 0 saturated carbocycles. The van der Waals surface area contributed by atoms with Crippen molar-refractivity contribution in [1.29, 1.82) is 0 Å². The number of nitrogens with one attached hydrogen (secondary N) is 1. The van der Waals surface area contributed by atoms with Crippen LogP contribution >= 0.6 is 0 Å². The van der Waals surface area contributed by atoms with E-state index in [0.717, 1.165) is 0 Å². The van der Waals surface area contributed by atoms with Crippen LogP contribution < -0.4 is 0 Å². The number of phenols is 1. The number of H-pyrrole nitrogens is 1. The normalized spacial score (nSPS) is 11.1. The molecule has 0 radical (unpaired) electrons. The first-order chi connectivity index (χ1) is 6.86. The van der Waals surface area contributed by atoms with Gasteiger partial charge in [0.15, 0.2) is 0 Å². The summed E-state index contributed by atoms with van der Waals surface area (Å²) < 4.78 is 0. The van der Waals surface area contributed by atoms with Gasteiger partial charge in [-0.05, 0) is 0 Å². The number of phenolic OH excluding ortho intramolecular Hbond substituents is 1. The predicted octanol–water partition coefficient (Wildman–Crippen LogP) is 0.607. The summed E-state index contributed by atoms with van der Waals surface area (Å²) in [4.78, 5) is 7.88. The van der Waals surface area contributed by atoms with Gasteiger partial charge in [0.1, 0.15) is 28.6 Å². The molecule has 0 spiro atoms. The van der Waals surface area contributed by atoms with Crippen molar-refractivity contribution in [3.8, 4) is 5.75 Å². The molecule has 0 saturated heterocycles. The van der Waals surface area contributed by atoms with E-state index in [2.05, 4.69) is 25.4 Å². The largest absolute Gasteiger partial charge is 0.507 e. The second-order valence-electron chi connectivity index (χ2n) is 2.87. The van der Waals surface area contributed by atoms with Crippen molar-refractivity contribution in [2.75, 3.05) is 0 Å². The van der Waals surface area contributed by atoms with Gasteiger partial charge in [-0.1, -0.05) is 0 Å². The number of aromatic amines is 1. The molecule has 1 aromatic carbocycles. The molecule has 14 heavy (non-hydrogen) atoms. The van der Waals surface area contributed by atoms with E-state index in [1.165, 1.54) is 12.4 Å². The Bertz CT molecular complexity index is 617. The lowest BCUT2D eigenvalue weighted by Crippen LogP contribution is -1.83. The molecular weight excluding hydrogens is 182 g/mol. The van der Waals surface area contributed by atoms with Crippen LogP contribution in [-0.4, -0.2) is 30.5 Å². The summed E-state index contributed by atoms with van der Waals surface area (Å²) in [6.45, 7) is 0. The molecule has 0 aliphatic rings. The van der Waals surface area contributed by atoms with E-state index in [0.29, 0.717) is 21.9 Å². The van der Waals surface area contributed by atoms with Gasteiger partial charge in [-0.3, -0.25) is 0 Å². The van der Waals surface area contributed by atoms with Crippen molar-refractivity contribution >= 4 is 21.9 Å². The van der Waals surface area contributed by atoms with Crippen LogP contribution in [0.1, 0.15) is 0 Å². The number of hydrogen-bond acceptors (Lipinski definition) is 5. The van der Waals surface area contributed by atoms with Gasteiger partial charge < -0.3 is 5.11 Å². The third kappa shape index (κ3) is 0.792. The standard InChI is InChI=1S/C8H5N5O/c14-6-1-5-8(12-13-11-5)7-4(6)2-9-3-10-7/h1-3,14H,(H,11,12,13). The molecule has 0 amide bonds. The maximum absolute atomic E-state index is 9.63. The smallest absolute Gasteiger partial charge is 0.139 e. The van der Waals surface area contributed by atoms with Crippen LogP contribution in [0.5, 0.6) is 5.75 Å². The zero-order chi connectivity index (χ0) is 9.54. The average molecular weight is 187 g/mol. The van der Waals surface area contributed by atoms with Crippen LogP contribution in [0.2, 0.25) is 0 Å². The molecule has 2 aromatic heterocycles. The van der Waals surface area contributed by atoms with E-state index >= 15 is 0 Å². The van der Waals surface area contributed by atoms with Crippen LogP contribution in [0.15, 0.2) is 18.6 Å². The lowest BCUT2D eigenvalue weighted by atomic mass is 10.2. The first kappa shape index (κ1) is 7.19. The summed E-state index contributed by atoms with van der Waals surface area (Å²) in [5, 5.41) is 20.5. The van der Waals surface area contributed by atoms with Crippen molar-refractivity contribution in [3.63, 3.8) is 0 Å². The molecule has 3 aromatic rings. The molecule has 2 N–H and O–H groups in total. The van der Waals surface area contributed by atoms with Crippen molar-refractivity contribution in [3.05, 3.63) is 18.6 Å². The van der Waals surface area contributed by atoms with Crippen LogP contribution in [0, 0.1) is 0 Å². The number of aromatic hydroxyl groups is 1. The molecule has 0 unspecified atom stereocenters. The summed E-state index contributed by atoms with van der Waals surface area (Å²) in [5.41, 5.74) is 1.83. The lowest BCUT2D eigenvalue weighted by molar-refractivity contribution is 0.482. The van der Waals surface area contributed by atoms with Gasteiger partial charge in [0.25, 0.3) is 0 Å². The molecule has 3 rings (SSSR count). The maximum Gasteiger partial charge on any atom is 0.139 e. The number of fused-ring (bicyclic) bond motifs is 3. The summed E-state index contributed by atoms with van der Waals surface area (Å²) in [7, 11) is 0. The van der Waals surface area contributed by atoms with Gasteiger partial charge in [0.2, 0.25) is 0 Å². The fourth-order valence-corrected chi connectivity index (χ4v) is 1.43.